The van der Waals surface area contributed by atoms with Crippen LogP contribution in [-0.4, -0.2) is 24.3 Å². The zero-order valence-electron chi connectivity index (χ0n) is 7.61. The minimum atomic E-state index is 0.668. The molecule has 3 nitrogen and oxygen atoms in total. The number of imidazole rings is 1. The number of rotatable bonds is 1. The zero-order valence-corrected chi connectivity index (χ0v) is 7.61. The van der Waals surface area contributed by atoms with Crippen LogP contribution >= 0.6 is 0 Å². The van der Waals surface area contributed by atoms with Crippen LogP contribution in [0, 0.1) is 6.92 Å². The Morgan fingerprint density at radius 3 is 2.92 bits per heavy atom. The number of fused-ring (bicyclic) bond motifs is 1. The molecule has 2 heterocycles. The van der Waals surface area contributed by atoms with Gasteiger partial charge in [-0.3, -0.25) is 0 Å². The van der Waals surface area contributed by atoms with Crippen molar-refractivity contribution in [1.82, 2.24) is 9.38 Å². The Bertz CT molecular complexity index is 450. The third-order valence-corrected chi connectivity index (χ3v) is 1.88. The lowest BCUT2D eigenvalue weighted by Crippen LogP contribution is -2.06. The topological polar surface area (TPSA) is 26.5 Å². The fraction of sp³-hybridized carbons (Fsp3) is 0.222. The van der Waals surface area contributed by atoms with Gasteiger partial charge in [0.2, 0.25) is 0 Å². The second-order valence-electron chi connectivity index (χ2n) is 2.95. The fourth-order valence-corrected chi connectivity index (χ4v) is 1.36. The van der Waals surface area contributed by atoms with E-state index in [0.29, 0.717) is 11.2 Å². The van der Waals surface area contributed by atoms with Gasteiger partial charge in [0.15, 0.2) is 11.4 Å². The third kappa shape index (κ3) is 1.28. The molecule has 0 unspecified atom stereocenters. The maximum absolute atomic E-state index is 5.68. The van der Waals surface area contributed by atoms with Crippen molar-refractivity contribution in [2.24, 2.45) is 0 Å². The summed E-state index contributed by atoms with van der Waals surface area (Å²) in [5, 5.41) is 0. The van der Waals surface area contributed by atoms with Gasteiger partial charge in [0.1, 0.15) is 7.85 Å². The highest BCUT2D eigenvalue weighted by molar-refractivity contribution is 6.32. The van der Waals surface area contributed by atoms with E-state index >= 15 is 0 Å². The van der Waals surface area contributed by atoms with E-state index in [9.17, 15) is 0 Å². The van der Waals surface area contributed by atoms with E-state index in [2.05, 4.69) is 4.98 Å². The highest BCUT2D eigenvalue weighted by Gasteiger charge is 2.04. The molecule has 0 N–H and O–H groups in total. The van der Waals surface area contributed by atoms with Crippen molar-refractivity contribution in [2.45, 2.75) is 6.92 Å². The van der Waals surface area contributed by atoms with Gasteiger partial charge in [0, 0.05) is 12.4 Å². The second kappa shape index (κ2) is 2.80. The average molecular weight is 172 g/mol. The van der Waals surface area contributed by atoms with Gasteiger partial charge in [-0.15, -0.1) is 0 Å². The quantitative estimate of drug-likeness (QED) is 0.583. The number of aromatic nitrogens is 2. The maximum atomic E-state index is 5.68. The van der Waals surface area contributed by atoms with Gasteiger partial charge in [0.05, 0.1) is 12.8 Å². The third-order valence-electron chi connectivity index (χ3n) is 1.88. The van der Waals surface area contributed by atoms with Crippen molar-refractivity contribution < 1.29 is 4.74 Å². The van der Waals surface area contributed by atoms with Crippen LogP contribution in [0.3, 0.4) is 0 Å². The Balaban J connectivity index is 2.80. The summed E-state index contributed by atoms with van der Waals surface area (Å²) in [7, 11) is 7.29. The van der Waals surface area contributed by atoms with Gasteiger partial charge in [0.25, 0.3) is 0 Å². The Morgan fingerprint density at radius 1 is 1.46 bits per heavy atom. The van der Waals surface area contributed by atoms with Gasteiger partial charge in [-0.2, -0.15) is 0 Å². The van der Waals surface area contributed by atoms with Crippen molar-refractivity contribution in [1.29, 1.82) is 0 Å². The largest absolute Gasteiger partial charge is 0.493 e. The summed E-state index contributed by atoms with van der Waals surface area (Å²) < 4.78 is 7.02. The molecule has 4 heteroatoms. The van der Waals surface area contributed by atoms with E-state index in [-0.39, 0.29) is 0 Å². The number of ether oxygens (including phenoxy) is 1. The van der Waals surface area contributed by atoms with E-state index in [4.69, 9.17) is 12.6 Å². The molecular weight excluding hydrogens is 163 g/mol. The lowest BCUT2D eigenvalue weighted by molar-refractivity contribution is 0.417. The first-order valence-electron chi connectivity index (χ1n) is 3.99. The molecule has 2 radical (unpaired) electrons. The lowest BCUT2D eigenvalue weighted by atomic mass is 9.99. The van der Waals surface area contributed by atoms with Gasteiger partial charge < -0.3 is 9.14 Å². The Morgan fingerprint density at radius 2 is 2.23 bits per heavy atom. The van der Waals surface area contributed by atoms with E-state index in [1.165, 1.54) is 0 Å². The second-order valence-corrected chi connectivity index (χ2v) is 2.95. The summed E-state index contributed by atoms with van der Waals surface area (Å²) in [5.74, 6) is 0.702. The molecule has 2 rings (SSSR count). The number of aryl methyl sites for hydroxylation is 1. The van der Waals surface area contributed by atoms with Crippen LogP contribution in [0.1, 0.15) is 5.69 Å². The fourth-order valence-electron chi connectivity index (χ4n) is 1.36. The van der Waals surface area contributed by atoms with Crippen molar-refractivity contribution in [3.8, 4) is 5.75 Å². The molecule has 0 aliphatic rings. The Hall–Kier alpha value is -1.45. The maximum Gasteiger partial charge on any atom is 0.179 e. The van der Waals surface area contributed by atoms with Crippen molar-refractivity contribution in [2.75, 3.05) is 7.11 Å². The first-order valence-corrected chi connectivity index (χ1v) is 3.99. The highest BCUT2D eigenvalue weighted by Crippen LogP contribution is 2.16. The average Bonchev–Trinajstić information content (AvgIpc) is 2.43. The predicted octanol–water partition coefficient (Wildman–Crippen LogP) is 0.445. The number of methoxy groups -OCH3 is 1. The van der Waals surface area contributed by atoms with Crippen molar-refractivity contribution in [3.05, 3.63) is 24.2 Å². The van der Waals surface area contributed by atoms with E-state index < -0.39 is 0 Å². The van der Waals surface area contributed by atoms with Crippen LogP contribution in [0.5, 0.6) is 5.75 Å². The minimum absolute atomic E-state index is 0.668. The Labute approximate surface area is 77.8 Å². The molecule has 0 aromatic carbocycles. The summed E-state index contributed by atoms with van der Waals surface area (Å²) in [6.45, 7) is 1.93. The highest BCUT2D eigenvalue weighted by atomic mass is 16.5. The van der Waals surface area contributed by atoms with Gasteiger partial charge in [-0.1, -0.05) is 5.46 Å². The summed E-state index contributed by atoms with van der Waals surface area (Å²) in [6, 6.07) is 1.77. The van der Waals surface area contributed by atoms with Crippen LogP contribution in [0.2, 0.25) is 0 Å². The molecule has 2 aromatic heterocycles. The van der Waals surface area contributed by atoms with Crippen LogP contribution in [0.25, 0.3) is 5.65 Å². The number of pyridine rings is 1. The molecule has 0 fully saturated rings. The number of nitrogens with zero attached hydrogens (tertiary/aromatic N) is 2. The van der Waals surface area contributed by atoms with E-state index in [1.54, 1.807) is 13.2 Å². The van der Waals surface area contributed by atoms with Crippen LogP contribution in [0.4, 0.5) is 0 Å². The molecule has 0 saturated carbocycles. The van der Waals surface area contributed by atoms with Gasteiger partial charge >= 0.3 is 0 Å². The smallest absolute Gasteiger partial charge is 0.179 e. The van der Waals surface area contributed by atoms with Crippen LogP contribution < -0.4 is 10.2 Å². The molecule has 64 valence electrons. The summed E-state index contributed by atoms with van der Waals surface area (Å²) in [4.78, 5) is 4.31. The van der Waals surface area contributed by atoms with Crippen molar-refractivity contribution in [3.63, 3.8) is 0 Å². The van der Waals surface area contributed by atoms with Gasteiger partial charge in [-0.25, -0.2) is 4.98 Å². The first-order chi connectivity index (χ1) is 6.20. The molecular formula is C9H9BN2O. The molecule has 0 aliphatic carbocycles. The Kier molecular flexibility index (Phi) is 1.76. The molecule has 0 saturated heterocycles. The SMILES string of the molecule is [B]c1cc(OC)c2nc(C)cn2c1. The minimum Gasteiger partial charge on any atom is -0.493 e. The van der Waals surface area contributed by atoms with Crippen LogP contribution in [0.15, 0.2) is 18.5 Å². The van der Waals surface area contributed by atoms with Gasteiger partial charge in [-0.05, 0) is 13.0 Å². The molecule has 0 amide bonds. The molecule has 0 bridgehead atoms. The molecule has 0 atom stereocenters. The first kappa shape index (κ1) is 8.17. The standard InChI is InChI=1S/C9H9BN2O/c1-6-4-12-5-7(10)3-8(13-2)9(12)11-6/h3-5H,1-2H3. The summed E-state index contributed by atoms with van der Waals surface area (Å²) >= 11 is 0. The normalized spacial score (nSPS) is 10.6. The lowest BCUT2D eigenvalue weighted by Gasteiger charge is -2.03. The monoisotopic (exact) mass is 172 g/mol. The van der Waals surface area contributed by atoms with Crippen LogP contribution in [-0.2, 0) is 0 Å². The number of hydrogen-bond donors (Lipinski definition) is 0. The molecule has 0 aliphatic heterocycles. The molecule has 13 heavy (non-hydrogen) atoms. The summed E-state index contributed by atoms with van der Waals surface area (Å²) in [6.07, 6.45) is 3.73. The molecule has 2 aromatic rings. The predicted molar refractivity (Wildman–Crippen MR) is 51.9 cm³/mol. The van der Waals surface area contributed by atoms with E-state index in [0.717, 1.165) is 11.3 Å². The molecule has 0 spiro atoms. The van der Waals surface area contributed by atoms with E-state index in [1.807, 2.05) is 23.7 Å². The summed E-state index contributed by atoms with van der Waals surface area (Å²) in [5.41, 5.74) is 2.42. The number of hydrogen-bond acceptors (Lipinski definition) is 2. The van der Waals surface area contributed by atoms with Crippen molar-refractivity contribution >= 4 is 19.0 Å². The zero-order chi connectivity index (χ0) is 9.42.